The zero-order valence-electron chi connectivity index (χ0n) is 17.1. The third kappa shape index (κ3) is 5.50. The van der Waals surface area contributed by atoms with Crippen molar-refractivity contribution < 1.29 is 18.9 Å². The predicted molar refractivity (Wildman–Crippen MR) is 121 cm³/mol. The molecule has 3 rings (SSSR count). The van der Waals surface area contributed by atoms with Gasteiger partial charge in [0.2, 0.25) is 5.91 Å². The topological polar surface area (TPSA) is 86.7 Å². The molecule has 0 aromatic heterocycles. The summed E-state index contributed by atoms with van der Waals surface area (Å²) in [7, 11) is -1.63. The number of hydrogen-bond acceptors (Lipinski definition) is 4. The minimum atomic E-state index is -1.63. The average Bonchev–Trinajstić information content (AvgIpc) is 2.74. The van der Waals surface area contributed by atoms with E-state index in [-0.39, 0.29) is 12.3 Å². The van der Waals surface area contributed by atoms with E-state index in [0.29, 0.717) is 23.1 Å². The highest BCUT2D eigenvalue weighted by molar-refractivity contribution is 8.16. The van der Waals surface area contributed by atoms with Crippen LogP contribution >= 0.6 is 11.8 Å². The average molecular weight is 447 g/mol. The van der Waals surface area contributed by atoms with E-state index in [1.807, 2.05) is 36.4 Å². The van der Waals surface area contributed by atoms with Gasteiger partial charge >= 0.3 is 5.97 Å². The minimum Gasteiger partial charge on any atom is -0.480 e. The van der Waals surface area contributed by atoms with Gasteiger partial charge in [-0.1, -0.05) is 42.5 Å². The van der Waals surface area contributed by atoms with Gasteiger partial charge in [-0.25, -0.2) is 8.93 Å². The van der Waals surface area contributed by atoms with Crippen molar-refractivity contribution in [3.05, 3.63) is 69.5 Å². The van der Waals surface area contributed by atoms with Crippen molar-refractivity contribution in [2.24, 2.45) is 0 Å². The molecule has 0 saturated carbocycles. The fourth-order valence-corrected chi connectivity index (χ4v) is 5.72. The van der Waals surface area contributed by atoms with Crippen LogP contribution in [-0.2, 0) is 27.0 Å². The molecule has 1 aromatic rings. The molecule has 8 heteroatoms. The third-order valence-electron chi connectivity index (χ3n) is 5.23. The van der Waals surface area contributed by atoms with Crippen LogP contribution in [0.4, 0.5) is 0 Å². The Morgan fingerprint density at radius 3 is 2.50 bits per heavy atom. The molecule has 0 saturated heterocycles. The van der Waals surface area contributed by atoms with E-state index in [1.165, 1.54) is 17.3 Å². The second kappa shape index (κ2) is 9.76. The second-order valence-electron chi connectivity index (χ2n) is 7.58. The number of nitrogens with zero attached hydrogens (tertiary/aromatic N) is 1. The number of amides is 1. The van der Waals surface area contributed by atoms with Gasteiger partial charge in [0, 0.05) is 32.2 Å². The van der Waals surface area contributed by atoms with E-state index in [4.69, 9.17) is 0 Å². The summed E-state index contributed by atoms with van der Waals surface area (Å²) in [6, 6.07) is 9.31. The van der Waals surface area contributed by atoms with Gasteiger partial charge in [-0.05, 0) is 36.1 Å². The first-order valence-corrected chi connectivity index (χ1v) is 11.9. The molecular formula is C22H26N2O4S2. The predicted octanol–water partition coefficient (Wildman–Crippen LogP) is 3.02. The molecule has 0 radical (unpaired) electrons. The summed E-state index contributed by atoms with van der Waals surface area (Å²) in [6.45, 7) is 4.47. The Bertz CT molecular complexity index is 940. The largest absolute Gasteiger partial charge is 0.480 e. The van der Waals surface area contributed by atoms with E-state index >= 15 is 0 Å². The van der Waals surface area contributed by atoms with E-state index in [9.17, 15) is 18.9 Å². The number of carbonyl (C=O) groups excluding carboxylic acids is 1. The normalized spacial score (nSPS) is 19.8. The van der Waals surface area contributed by atoms with Crippen molar-refractivity contribution >= 4 is 34.6 Å². The van der Waals surface area contributed by atoms with Crippen LogP contribution in [0, 0.1) is 0 Å². The molecule has 6 nitrogen and oxygen atoms in total. The first-order chi connectivity index (χ1) is 14.3. The fraction of sp³-hybridized carbons (Fsp3) is 0.364. The van der Waals surface area contributed by atoms with Crippen molar-refractivity contribution in [1.82, 2.24) is 9.62 Å². The number of hydrogen-bond donors (Lipinski definition) is 2. The zero-order valence-corrected chi connectivity index (χ0v) is 18.7. The Morgan fingerprint density at radius 2 is 1.97 bits per heavy atom. The van der Waals surface area contributed by atoms with Gasteiger partial charge in [-0.3, -0.25) is 9.59 Å². The summed E-state index contributed by atoms with van der Waals surface area (Å²) in [4.78, 5) is 25.2. The molecule has 1 aromatic carbocycles. The second-order valence-corrected chi connectivity index (χ2v) is 10.0. The van der Waals surface area contributed by atoms with Gasteiger partial charge in [0.1, 0.15) is 16.5 Å². The van der Waals surface area contributed by atoms with Gasteiger partial charge in [-0.2, -0.15) is 0 Å². The van der Waals surface area contributed by atoms with Crippen molar-refractivity contribution in [2.45, 2.75) is 32.2 Å². The Morgan fingerprint density at radius 1 is 1.23 bits per heavy atom. The highest BCUT2D eigenvalue weighted by Crippen LogP contribution is 2.32. The molecule has 0 aliphatic carbocycles. The van der Waals surface area contributed by atoms with Gasteiger partial charge in [0.15, 0.2) is 0 Å². The number of carboxylic acids is 1. The van der Waals surface area contributed by atoms with Crippen LogP contribution in [0.5, 0.6) is 0 Å². The standard InChI is InChI=1S/C22H26N2O4S2/c1-16(25)24-12-10-18(11-13-24)19-8-9-20(29-15-19)30(28)23-22(2,21(26)27)14-17-6-4-3-5-7-17/h3-10,23H,11-15H2,1-2H3,(H,26,27). The number of thioether (sulfide) groups is 1. The van der Waals surface area contributed by atoms with Crippen LogP contribution < -0.4 is 4.72 Å². The van der Waals surface area contributed by atoms with E-state index < -0.39 is 22.5 Å². The molecule has 160 valence electrons. The fourth-order valence-electron chi connectivity index (χ4n) is 3.39. The lowest BCUT2D eigenvalue weighted by Crippen LogP contribution is -2.52. The molecule has 2 unspecified atom stereocenters. The van der Waals surface area contributed by atoms with Gasteiger partial charge in [-0.15, -0.1) is 11.8 Å². The summed E-state index contributed by atoms with van der Waals surface area (Å²) >= 11 is 1.45. The van der Waals surface area contributed by atoms with Gasteiger partial charge in [0.05, 0.1) is 4.24 Å². The lowest BCUT2D eigenvalue weighted by Gasteiger charge is -2.28. The molecule has 1 amide bonds. The van der Waals surface area contributed by atoms with Crippen LogP contribution in [0.25, 0.3) is 0 Å². The van der Waals surface area contributed by atoms with Crippen LogP contribution in [0.3, 0.4) is 0 Å². The summed E-state index contributed by atoms with van der Waals surface area (Å²) in [6.07, 6.45) is 6.87. The third-order valence-corrected chi connectivity index (χ3v) is 8.05. The summed E-state index contributed by atoms with van der Waals surface area (Å²) in [5.74, 6) is -0.286. The van der Waals surface area contributed by atoms with Crippen LogP contribution in [-0.4, -0.2) is 50.5 Å². The molecule has 30 heavy (non-hydrogen) atoms. The summed E-state index contributed by atoms with van der Waals surface area (Å²) < 4.78 is 16.3. The first kappa shape index (κ1) is 22.5. The molecule has 2 aliphatic heterocycles. The monoisotopic (exact) mass is 446 g/mol. The number of carbonyl (C=O) groups is 2. The Hall–Kier alpha value is -2.16. The highest BCUT2D eigenvalue weighted by atomic mass is 32.2. The van der Waals surface area contributed by atoms with Crippen molar-refractivity contribution in [3.8, 4) is 0 Å². The smallest absolute Gasteiger partial charge is 0.324 e. The zero-order chi connectivity index (χ0) is 21.7. The molecule has 0 fully saturated rings. The number of nitrogens with one attached hydrogen (secondary N) is 1. The minimum absolute atomic E-state index is 0.0814. The molecule has 2 N–H and O–H groups in total. The highest BCUT2D eigenvalue weighted by Gasteiger charge is 2.36. The molecular weight excluding hydrogens is 420 g/mol. The lowest BCUT2D eigenvalue weighted by atomic mass is 9.94. The number of allylic oxidation sites excluding steroid dienone is 2. The van der Waals surface area contributed by atoms with Crippen LogP contribution in [0.15, 0.2) is 63.9 Å². The maximum absolute atomic E-state index is 12.9. The van der Waals surface area contributed by atoms with Crippen molar-refractivity contribution in [1.29, 1.82) is 0 Å². The molecule has 0 bridgehead atoms. The number of carboxylic acid groups (broad SMARTS) is 1. The Labute approximate surface area is 183 Å². The van der Waals surface area contributed by atoms with Gasteiger partial charge < -0.3 is 10.0 Å². The first-order valence-electron chi connectivity index (χ1n) is 9.74. The Balaban J connectivity index is 1.68. The SMILES string of the molecule is CC(=O)N1CC=C(C2=CC=C(S(=O)NC(C)(Cc3ccccc3)C(=O)O)SC2)CC1. The maximum atomic E-state index is 12.9. The number of benzene rings is 1. The van der Waals surface area contributed by atoms with Crippen molar-refractivity contribution in [3.63, 3.8) is 0 Å². The molecule has 2 aliphatic rings. The van der Waals surface area contributed by atoms with Crippen molar-refractivity contribution in [2.75, 3.05) is 18.8 Å². The Kier molecular flexibility index (Phi) is 7.33. The number of rotatable bonds is 7. The summed E-state index contributed by atoms with van der Waals surface area (Å²) in [5.41, 5.74) is 1.89. The molecule has 0 spiro atoms. The number of aliphatic carboxylic acids is 1. The van der Waals surface area contributed by atoms with E-state index in [1.54, 1.807) is 24.8 Å². The van der Waals surface area contributed by atoms with Crippen LogP contribution in [0.2, 0.25) is 0 Å². The molecule has 2 atom stereocenters. The summed E-state index contributed by atoms with van der Waals surface area (Å²) in [5, 5.41) is 9.74. The maximum Gasteiger partial charge on any atom is 0.324 e. The van der Waals surface area contributed by atoms with Crippen LogP contribution in [0.1, 0.15) is 25.8 Å². The quantitative estimate of drug-likeness (QED) is 0.672. The van der Waals surface area contributed by atoms with E-state index in [2.05, 4.69) is 10.8 Å². The lowest BCUT2D eigenvalue weighted by molar-refractivity contribution is -0.143. The molecule has 2 heterocycles. The van der Waals surface area contributed by atoms with Gasteiger partial charge in [0.25, 0.3) is 0 Å². The van der Waals surface area contributed by atoms with E-state index in [0.717, 1.165) is 17.6 Å².